The molecule has 1 aliphatic heterocycles. The number of hydrogen-bond donors (Lipinski definition) is 0. The SMILES string of the molecule is Cc1ccc(-c2nc(C(=O)N3CCCN(c4ccc(C(F)(F)F)cn4)CC3)cs2)cc1. The first-order valence-electron chi connectivity index (χ1n) is 9.91. The summed E-state index contributed by atoms with van der Waals surface area (Å²) in [4.78, 5) is 25.1. The summed E-state index contributed by atoms with van der Waals surface area (Å²) in [7, 11) is 0. The highest BCUT2D eigenvalue weighted by Crippen LogP contribution is 2.29. The predicted molar refractivity (Wildman–Crippen MR) is 114 cm³/mol. The Balaban J connectivity index is 1.42. The molecular weight excluding hydrogens is 425 g/mol. The lowest BCUT2D eigenvalue weighted by Gasteiger charge is -2.22. The maximum absolute atomic E-state index is 13.0. The molecule has 162 valence electrons. The smallest absolute Gasteiger partial charge is 0.355 e. The van der Waals surface area contributed by atoms with E-state index in [0.29, 0.717) is 44.1 Å². The van der Waals surface area contributed by atoms with Crippen LogP contribution in [0.2, 0.25) is 0 Å². The van der Waals surface area contributed by atoms with Crippen LogP contribution in [0.4, 0.5) is 19.0 Å². The monoisotopic (exact) mass is 446 g/mol. The van der Waals surface area contributed by atoms with Crippen LogP contribution in [0, 0.1) is 6.92 Å². The van der Waals surface area contributed by atoms with Crippen molar-refractivity contribution in [1.82, 2.24) is 14.9 Å². The van der Waals surface area contributed by atoms with Crippen LogP contribution in [0.25, 0.3) is 10.6 Å². The predicted octanol–water partition coefficient (Wildman–Crippen LogP) is 4.88. The minimum atomic E-state index is -4.40. The zero-order valence-corrected chi connectivity index (χ0v) is 17.7. The first kappa shape index (κ1) is 21.3. The number of thiazole rings is 1. The van der Waals surface area contributed by atoms with Gasteiger partial charge in [0, 0.05) is 43.3 Å². The molecule has 31 heavy (non-hydrogen) atoms. The number of pyridine rings is 1. The van der Waals surface area contributed by atoms with Crippen molar-refractivity contribution in [2.24, 2.45) is 0 Å². The Morgan fingerprint density at radius 1 is 1.03 bits per heavy atom. The Hall–Kier alpha value is -2.94. The molecule has 0 bridgehead atoms. The van der Waals surface area contributed by atoms with Crippen molar-refractivity contribution in [3.63, 3.8) is 0 Å². The van der Waals surface area contributed by atoms with Crippen molar-refractivity contribution < 1.29 is 18.0 Å². The molecule has 1 saturated heterocycles. The van der Waals surface area contributed by atoms with E-state index >= 15 is 0 Å². The summed E-state index contributed by atoms with van der Waals surface area (Å²) >= 11 is 1.44. The maximum Gasteiger partial charge on any atom is 0.417 e. The number of rotatable bonds is 3. The van der Waals surface area contributed by atoms with E-state index in [1.54, 1.807) is 10.3 Å². The Bertz CT molecular complexity index is 1050. The molecular formula is C22H21F3N4OS. The molecule has 3 heterocycles. The molecule has 1 fully saturated rings. The lowest BCUT2D eigenvalue weighted by atomic mass is 10.2. The van der Waals surface area contributed by atoms with Crippen molar-refractivity contribution >= 4 is 23.1 Å². The van der Waals surface area contributed by atoms with Crippen LogP contribution in [0.15, 0.2) is 48.0 Å². The Morgan fingerprint density at radius 3 is 2.48 bits per heavy atom. The highest BCUT2D eigenvalue weighted by atomic mass is 32.1. The molecule has 1 amide bonds. The van der Waals surface area contributed by atoms with Gasteiger partial charge in [-0.2, -0.15) is 13.2 Å². The zero-order chi connectivity index (χ0) is 22.0. The Morgan fingerprint density at radius 2 is 1.81 bits per heavy atom. The van der Waals surface area contributed by atoms with Crippen molar-refractivity contribution in [3.05, 3.63) is 64.8 Å². The van der Waals surface area contributed by atoms with Gasteiger partial charge in [-0.05, 0) is 25.5 Å². The van der Waals surface area contributed by atoms with Crippen molar-refractivity contribution in [1.29, 1.82) is 0 Å². The normalized spacial score (nSPS) is 15.1. The minimum Gasteiger partial charge on any atom is -0.355 e. The van der Waals surface area contributed by atoms with Gasteiger partial charge in [0.15, 0.2) is 0 Å². The number of amides is 1. The number of benzene rings is 1. The maximum atomic E-state index is 13.0. The van der Waals surface area contributed by atoms with Crippen molar-refractivity contribution in [2.45, 2.75) is 19.5 Å². The van der Waals surface area contributed by atoms with E-state index in [1.165, 1.54) is 17.4 Å². The topological polar surface area (TPSA) is 49.3 Å². The second kappa shape index (κ2) is 8.66. The van der Waals surface area contributed by atoms with Gasteiger partial charge >= 0.3 is 6.18 Å². The van der Waals surface area contributed by atoms with Crippen LogP contribution in [-0.4, -0.2) is 47.0 Å². The highest BCUT2D eigenvalue weighted by Gasteiger charge is 2.31. The van der Waals surface area contributed by atoms with Gasteiger partial charge in [0.05, 0.1) is 5.56 Å². The molecule has 9 heteroatoms. The molecule has 5 nitrogen and oxygen atoms in total. The van der Waals surface area contributed by atoms with Gasteiger partial charge in [-0.3, -0.25) is 4.79 Å². The van der Waals surface area contributed by atoms with E-state index in [0.717, 1.165) is 28.4 Å². The van der Waals surface area contributed by atoms with Gasteiger partial charge in [-0.15, -0.1) is 11.3 Å². The molecule has 0 spiro atoms. The summed E-state index contributed by atoms with van der Waals surface area (Å²) in [6.07, 6.45) is -2.85. The fourth-order valence-corrected chi connectivity index (χ4v) is 4.25. The van der Waals surface area contributed by atoms with E-state index in [2.05, 4.69) is 9.97 Å². The number of nitrogens with zero attached hydrogens (tertiary/aromatic N) is 4. The van der Waals surface area contributed by atoms with Crippen LogP contribution in [-0.2, 0) is 6.18 Å². The van der Waals surface area contributed by atoms with Crippen molar-refractivity contribution in [2.75, 3.05) is 31.1 Å². The van der Waals surface area contributed by atoms with Gasteiger partial charge in [0.2, 0.25) is 0 Å². The number of alkyl halides is 3. The van der Waals surface area contributed by atoms with Crippen LogP contribution >= 0.6 is 11.3 Å². The first-order valence-corrected chi connectivity index (χ1v) is 10.8. The van der Waals surface area contributed by atoms with Gasteiger partial charge in [0.1, 0.15) is 16.5 Å². The second-order valence-electron chi connectivity index (χ2n) is 7.44. The second-order valence-corrected chi connectivity index (χ2v) is 8.30. The molecule has 3 aromatic rings. The molecule has 0 radical (unpaired) electrons. The third-order valence-electron chi connectivity index (χ3n) is 5.20. The third-order valence-corrected chi connectivity index (χ3v) is 6.10. The van der Waals surface area contributed by atoms with Crippen molar-refractivity contribution in [3.8, 4) is 10.6 Å². The van der Waals surface area contributed by atoms with E-state index in [9.17, 15) is 18.0 Å². The van der Waals surface area contributed by atoms with E-state index in [4.69, 9.17) is 0 Å². The number of aryl methyl sites for hydroxylation is 1. The number of hydrogen-bond acceptors (Lipinski definition) is 5. The number of carbonyl (C=O) groups is 1. The van der Waals surface area contributed by atoms with Gasteiger partial charge in [-0.25, -0.2) is 9.97 Å². The summed E-state index contributed by atoms with van der Waals surface area (Å²) in [5.74, 6) is 0.356. The Kier molecular flexibility index (Phi) is 5.95. The summed E-state index contributed by atoms with van der Waals surface area (Å²) in [6, 6.07) is 10.4. The minimum absolute atomic E-state index is 0.128. The molecule has 2 aromatic heterocycles. The zero-order valence-electron chi connectivity index (χ0n) is 16.9. The van der Waals surface area contributed by atoms with Gasteiger partial charge in [0.25, 0.3) is 5.91 Å². The summed E-state index contributed by atoms with van der Waals surface area (Å²) < 4.78 is 38.3. The number of aromatic nitrogens is 2. The van der Waals surface area contributed by atoms with E-state index < -0.39 is 11.7 Å². The lowest BCUT2D eigenvalue weighted by Crippen LogP contribution is -2.35. The Labute approximate surface area is 182 Å². The average Bonchev–Trinajstić information content (AvgIpc) is 3.11. The van der Waals surface area contributed by atoms with Crippen LogP contribution < -0.4 is 4.90 Å². The van der Waals surface area contributed by atoms with E-state index in [-0.39, 0.29) is 5.91 Å². The fourth-order valence-electron chi connectivity index (χ4n) is 3.45. The molecule has 0 unspecified atom stereocenters. The summed E-state index contributed by atoms with van der Waals surface area (Å²) in [6.45, 7) is 4.16. The standard InChI is InChI=1S/C22H21F3N4OS/c1-15-3-5-16(6-4-15)20-27-18(14-31-20)21(30)29-10-2-9-28(11-12-29)19-8-7-17(13-26-19)22(23,24)25/h3-8,13-14H,2,9-12H2,1H3. The number of carbonyl (C=O) groups excluding carboxylic acids is 1. The quantitative estimate of drug-likeness (QED) is 0.575. The van der Waals surface area contributed by atoms with Gasteiger partial charge < -0.3 is 9.80 Å². The molecule has 4 rings (SSSR count). The summed E-state index contributed by atoms with van der Waals surface area (Å²) in [5.41, 5.74) is 1.79. The fraction of sp³-hybridized carbons (Fsp3) is 0.318. The van der Waals surface area contributed by atoms with Crippen LogP contribution in [0.1, 0.15) is 28.0 Å². The van der Waals surface area contributed by atoms with Crippen LogP contribution in [0.5, 0.6) is 0 Å². The molecule has 0 atom stereocenters. The van der Waals surface area contributed by atoms with Crippen LogP contribution in [0.3, 0.4) is 0 Å². The average molecular weight is 446 g/mol. The third kappa shape index (κ3) is 4.87. The van der Waals surface area contributed by atoms with E-state index in [1.807, 2.05) is 36.1 Å². The molecule has 1 aromatic carbocycles. The molecule has 0 N–H and O–H groups in total. The molecule has 1 aliphatic rings. The largest absolute Gasteiger partial charge is 0.417 e. The molecule has 0 aliphatic carbocycles. The first-order chi connectivity index (χ1) is 14.8. The van der Waals surface area contributed by atoms with Gasteiger partial charge in [-0.1, -0.05) is 29.8 Å². The lowest BCUT2D eigenvalue weighted by molar-refractivity contribution is -0.137. The number of anilines is 1. The summed E-state index contributed by atoms with van der Waals surface area (Å²) in [5, 5.41) is 2.58. The highest BCUT2D eigenvalue weighted by molar-refractivity contribution is 7.13. The number of halogens is 3. The molecule has 0 saturated carbocycles.